The average molecular weight is 355 g/mol. The van der Waals surface area contributed by atoms with E-state index in [9.17, 15) is 4.79 Å². The minimum absolute atomic E-state index is 0.0139. The van der Waals surface area contributed by atoms with Crippen molar-refractivity contribution in [2.24, 2.45) is 0 Å². The SMILES string of the molecule is CSCC[C@@H](NC(=O)COc1ccccc1)c1nc2ccccc2[nH]1. The third-order valence-electron chi connectivity index (χ3n) is 3.80. The number of aromatic amines is 1. The second kappa shape index (κ2) is 8.58. The lowest BCUT2D eigenvalue weighted by Crippen LogP contribution is -2.33. The number of hydrogen-bond donors (Lipinski definition) is 2. The van der Waals surface area contributed by atoms with Gasteiger partial charge in [-0.05, 0) is 42.7 Å². The van der Waals surface area contributed by atoms with Crippen LogP contribution in [0.25, 0.3) is 11.0 Å². The number of amides is 1. The molecule has 6 heteroatoms. The molecule has 0 aliphatic carbocycles. The summed E-state index contributed by atoms with van der Waals surface area (Å²) in [6.45, 7) is -0.0139. The Kier molecular flexibility index (Phi) is 5.95. The predicted octanol–water partition coefficient (Wildman–Crippen LogP) is 3.55. The minimum Gasteiger partial charge on any atom is -0.484 e. The number of imidazole rings is 1. The van der Waals surface area contributed by atoms with E-state index in [1.165, 1.54) is 0 Å². The van der Waals surface area contributed by atoms with Crippen LogP contribution in [0.4, 0.5) is 0 Å². The first kappa shape index (κ1) is 17.4. The summed E-state index contributed by atoms with van der Waals surface area (Å²) < 4.78 is 5.52. The molecule has 3 aromatic rings. The molecule has 0 radical (unpaired) electrons. The number of fused-ring (bicyclic) bond motifs is 1. The topological polar surface area (TPSA) is 67.0 Å². The molecule has 1 heterocycles. The molecule has 1 aromatic heterocycles. The Labute approximate surface area is 151 Å². The lowest BCUT2D eigenvalue weighted by Gasteiger charge is -2.16. The maximum Gasteiger partial charge on any atom is 0.258 e. The third-order valence-corrected chi connectivity index (χ3v) is 4.44. The summed E-state index contributed by atoms with van der Waals surface area (Å²) in [4.78, 5) is 20.2. The zero-order chi connectivity index (χ0) is 17.5. The lowest BCUT2D eigenvalue weighted by molar-refractivity contribution is -0.123. The maximum absolute atomic E-state index is 12.3. The van der Waals surface area contributed by atoms with Crippen LogP contribution in [-0.2, 0) is 4.79 Å². The summed E-state index contributed by atoms with van der Waals surface area (Å²) in [6.07, 6.45) is 2.86. The van der Waals surface area contributed by atoms with Crippen molar-refractivity contribution in [3.8, 4) is 5.75 Å². The fourth-order valence-corrected chi connectivity index (χ4v) is 3.02. The monoisotopic (exact) mass is 355 g/mol. The van der Waals surface area contributed by atoms with Crippen LogP contribution in [0.3, 0.4) is 0 Å². The smallest absolute Gasteiger partial charge is 0.258 e. The Morgan fingerprint density at radius 3 is 2.72 bits per heavy atom. The van der Waals surface area contributed by atoms with Crippen LogP contribution in [-0.4, -0.2) is 34.5 Å². The highest BCUT2D eigenvalue weighted by Gasteiger charge is 2.18. The largest absolute Gasteiger partial charge is 0.484 e. The summed E-state index contributed by atoms with van der Waals surface area (Å²) in [5, 5.41) is 3.03. The molecular weight excluding hydrogens is 334 g/mol. The number of aromatic nitrogens is 2. The number of nitrogens with one attached hydrogen (secondary N) is 2. The summed E-state index contributed by atoms with van der Waals surface area (Å²) in [7, 11) is 0. The molecule has 25 heavy (non-hydrogen) atoms. The summed E-state index contributed by atoms with van der Waals surface area (Å²) >= 11 is 1.74. The van der Waals surface area contributed by atoms with Gasteiger partial charge in [0.2, 0.25) is 0 Å². The summed E-state index contributed by atoms with van der Waals surface area (Å²) in [5.41, 5.74) is 1.88. The molecular formula is C19H21N3O2S. The Balaban J connectivity index is 1.66. The van der Waals surface area contributed by atoms with E-state index in [2.05, 4.69) is 21.5 Å². The van der Waals surface area contributed by atoms with Gasteiger partial charge >= 0.3 is 0 Å². The van der Waals surface area contributed by atoms with Crippen LogP contribution in [0.1, 0.15) is 18.3 Å². The maximum atomic E-state index is 12.3. The number of hydrogen-bond acceptors (Lipinski definition) is 4. The molecule has 2 aromatic carbocycles. The lowest BCUT2D eigenvalue weighted by atomic mass is 10.2. The Hall–Kier alpha value is -2.47. The number of ether oxygens (including phenoxy) is 1. The van der Waals surface area contributed by atoms with Crippen molar-refractivity contribution in [1.82, 2.24) is 15.3 Å². The molecule has 0 saturated heterocycles. The zero-order valence-corrected chi connectivity index (χ0v) is 14.9. The molecule has 2 N–H and O–H groups in total. The van der Waals surface area contributed by atoms with Gasteiger partial charge in [-0.25, -0.2) is 4.98 Å². The van der Waals surface area contributed by atoms with E-state index in [0.29, 0.717) is 5.75 Å². The predicted molar refractivity (Wildman–Crippen MR) is 102 cm³/mol. The third kappa shape index (κ3) is 4.76. The molecule has 0 aliphatic rings. The van der Waals surface area contributed by atoms with Crippen molar-refractivity contribution < 1.29 is 9.53 Å². The van der Waals surface area contributed by atoms with E-state index < -0.39 is 0 Å². The zero-order valence-electron chi connectivity index (χ0n) is 14.1. The van der Waals surface area contributed by atoms with Crippen molar-refractivity contribution in [2.75, 3.05) is 18.6 Å². The van der Waals surface area contributed by atoms with E-state index >= 15 is 0 Å². The first-order valence-electron chi connectivity index (χ1n) is 8.17. The molecule has 0 saturated carbocycles. The van der Waals surface area contributed by atoms with Crippen LogP contribution in [0.5, 0.6) is 5.75 Å². The molecule has 0 bridgehead atoms. The normalized spacial score (nSPS) is 12.0. The Morgan fingerprint density at radius 2 is 1.96 bits per heavy atom. The number of thioether (sulfide) groups is 1. The van der Waals surface area contributed by atoms with Gasteiger partial charge in [0.1, 0.15) is 11.6 Å². The van der Waals surface area contributed by atoms with Gasteiger partial charge in [-0.2, -0.15) is 11.8 Å². The van der Waals surface area contributed by atoms with Gasteiger partial charge in [0.05, 0.1) is 17.1 Å². The number of para-hydroxylation sites is 3. The van der Waals surface area contributed by atoms with E-state index in [1.807, 2.05) is 54.6 Å². The summed E-state index contributed by atoms with van der Waals surface area (Å²) in [5.74, 6) is 2.24. The van der Waals surface area contributed by atoms with Crippen molar-refractivity contribution >= 4 is 28.7 Å². The van der Waals surface area contributed by atoms with Gasteiger partial charge in [0.15, 0.2) is 6.61 Å². The molecule has 130 valence electrons. The fraction of sp³-hybridized carbons (Fsp3) is 0.263. The molecule has 0 unspecified atom stereocenters. The molecule has 1 atom stereocenters. The van der Waals surface area contributed by atoms with E-state index in [0.717, 1.165) is 29.0 Å². The second-order valence-electron chi connectivity index (χ2n) is 5.64. The molecule has 5 nitrogen and oxygen atoms in total. The Morgan fingerprint density at radius 1 is 1.20 bits per heavy atom. The molecule has 3 rings (SSSR count). The van der Waals surface area contributed by atoms with Gasteiger partial charge in [0.25, 0.3) is 5.91 Å². The number of carbonyl (C=O) groups is 1. The van der Waals surface area contributed by atoms with Crippen molar-refractivity contribution in [3.05, 3.63) is 60.4 Å². The van der Waals surface area contributed by atoms with Crippen molar-refractivity contribution in [2.45, 2.75) is 12.5 Å². The molecule has 0 aliphatic heterocycles. The Bertz CT molecular complexity index is 787. The standard InChI is InChI=1S/C19H21N3O2S/c1-25-12-11-17(19-21-15-9-5-6-10-16(15)22-19)20-18(23)13-24-14-7-3-2-4-8-14/h2-10,17H,11-13H2,1H3,(H,20,23)(H,21,22)/t17-/m1/s1. The highest BCUT2D eigenvalue weighted by molar-refractivity contribution is 7.98. The second-order valence-corrected chi connectivity index (χ2v) is 6.63. The number of rotatable bonds is 8. The summed E-state index contributed by atoms with van der Waals surface area (Å²) in [6, 6.07) is 17.0. The van der Waals surface area contributed by atoms with Crippen molar-refractivity contribution in [3.63, 3.8) is 0 Å². The fourth-order valence-electron chi connectivity index (χ4n) is 2.55. The minimum atomic E-state index is -0.160. The van der Waals surface area contributed by atoms with Gasteiger partial charge < -0.3 is 15.0 Å². The van der Waals surface area contributed by atoms with E-state index in [1.54, 1.807) is 11.8 Å². The van der Waals surface area contributed by atoms with E-state index in [-0.39, 0.29) is 18.6 Å². The molecule has 0 fully saturated rings. The van der Waals surface area contributed by atoms with Gasteiger partial charge in [-0.15, -0.1) is 0 Å². The highest BCUT2D eigenvalue weighted by Crippen LogP contribution is 2.20. The molecule has 0 spiro atoms. The first-order valence-corrected chi connectivity index (χ1v) is 9.56. The van der Waals surface area contributed by atoms with Crippen LogP contribution >= 0.6 is 11.8 Å². The van der Waals surface area contributed by atoms with Crippen molar-refractivity contribution in [1.29, 1.82) is 0 Å². The van der Waals surface area contributed by atoms with Gasteiger partial charge in [-0.3, -0.25) is 4.79 Å². The quantitative estimate of drug-likeness (QED) is 0.648. The first-order chi connectivity index (χ1) is 12.3. The number of nitrogens with zero attached hydrogens (tertiary/aromatic N) is 1. The number of carbonyl (C=O) groups excluding carboxylic acids is 1. The number of H-pyrrole nitrogens is 1. The van der Waals surface area contributed by atoms with Crippen LogP contribution in [0, 0.1) is 0 Å². The van der Waals surface area contributed by atoms with Gasteiger partial charge in [-0.1, -0.05) is 30.3 Å². The van der Waals surface area contributed by atoms with Gasteiger partial charge in [0, 0.05) is 0 Å². The van der Waals surface area contributed by atoms with Crippen LogP contribution in [0.2, 0.25) is 0 Å². The van der Waals surface area contributed by atoms with Crippen LogP contribution < -0.4 is 10.1 Å². The molecule has 1 amide bonds. The van der Waals surface area contributed by atoms with E-state index in [4.69, 9.17) is 4.74 Å². The average Bonchev–Trinajstić information content (AvgIpc) is 3.08. The van der Waals surface area contributed by atoms with Crippen LogP contribution in [0.15, 0.2) is 54.6 Å². The highest BCUT2D eigenvalue weighted by atomic mass is 32.2. The number of benzene rings is 2.